The number of rotatable bonds is 18. The van der Waals surface area contributed by atoms with Gasteiger partial charge in [0.1, 0.15) is 0 Å². The molecule has 2 unspecified atom stereocenters. The molecule has 0 radical (unpaired) electrons. The van der Waals surface area contributed by atoms with Crippen molar-refractivity contribution in [1.29, 1.82) is 0 Å². The van der Waals surface area contributed by atoms with Crippen LogP contribution in [0.5, 0.6) is 0 Å². The van der Waals surface area contributed by atoms with E-state index in [9.17, 15) is 9.59 Å². The largest absolute Gasteiger partial charge is 0.481 e. The fourth-order valence-electron chi connectivity index (χ4n) is 3.45. The molecule has 0 aliphatic carbocycles. The molecule has 184 valence electrons. The van der Waals surface area contributed by atoms with Gasteiger partial charge in [-0.15, -0.1) is 0 Å². The van der Waals surface area contributed by atoms with E-state index in [0.29, 0.717) is 26.1 Å². The summed E-state index contributed by atoms with van der Waals surface area (Å²) in [7, 11) is 0. The number of carboxylic acid groups (broad SMARTS) is 2. The standard InChI is InChI=1S/C24H47NO6/c1-9-23(7,15-17-30-21(3,4)13-11-19(26)27)25-24(8,10-2)16-18-31-22(5,6)14-12-20(28)29/h25H,9-18H2,1-8H3,(H,26,27)(H,28,29). The molecule has 7 nitrogen and oxygen atoms in total. The van der Waals surface area contributed by atoms with E-state index in [1.165, 1.54) is 0 Å². The minimum Gasteiger partial charge on any atom is -0.481 e. The van der Waals surface area contributed by atoms with Crippen LogP contribution >= 0.6 is 0 Å². The van der Waals surface area contributed by atoms with Gasteiger partial charge in [0.25, 0.3) is 0 Å². The highest BCUT2D eigenvalue weighted by Crippen LogP contribution is 2.27. The molecule has 3 N–H and O–H groups in total. The number of hydrogen-bond acceptors (Lipinski definition) is 5. The quantitative estimate of drug-likeness (QED) is 0.272. The fraction of sp³-hybridized carbons (Fsp3) is 0.917. The molecule has 31 heavy (non-hydrogen) atoms. The highest BCUT2D eigenvalue weighted by molar-refractivity contribution is 5.67. The van der Waals surface area contributed by atoms with Crippen LogP contribution < -0.4 is 5.32 Å². The summed E-state index contributed by atoms with van der Waals surface area (Å²) >= 11 is 0. The Morgan fingerprint density at radius 2 is 1.00 bits per heavy atom. The molecular weight excluding hydrogens is 398 g/mol. The van der Waals surface area contributed by atoms with E-state index in [1.54, 1.807) is 0 Å². The van der Waals surface area contributed by atoms with Gasteiger partial charge in [-0.05, 0) is 80.1 Å². The Labute approximate surface area is 189 Å². The van der Waals surface area contributed by atoms with Gasteiger partial charge in [0, 0.05) is 37.1 Å². The predicted molar refractivity (Wildman–Crippen MR) is 124 cm³/mol. The third-order valence-electron chi connectivity index (χ3n) is 6.34. The Bertz CT molecular complexity index is 514. The average Bonchev–Trinajstić information content (AvgIpc) is 2.64. The molecule has 0 fully saturated rings. The van der Waals surface area contributed by atoms with Crippen LogP contribution in [0.4, 0.5) is 0 Å². The van der Waals surface area contributed by atoms with Crippen LogP contribution in [0.25, 0.3) is 0 Å². The molecule has 0 bridgehead atoms. The summed E-state index contributed by atoms with van der Waals surface area (Å²) in [6, 6.07) is 0. The van der Waals surface area contributed by atoms with Crippen molar-refractivity contribution in [2.24, 2.45) is 0 Å². The molecule has 7 heteroatoms. The van der Waals surface area contributed by atoms with Gasteiger partial charge in [0.2, 0.25) is 0 Å². The number of hydrogen-bond donors (Lipinski definition) is 3. The summed E-state index contributed by atoms with van der Waals surface area (Å²) < 4.78 is 12.0. The number of carboxylic acids is 2. The van der Waals surface area contributed by atoms with E-state index >= 15 is 0 Å². The van der Waals surface area contributed by atoms with Crippen molar-refractivity contribution in [3.8, 4) is 0 Å². The Kier molecular flexibility index (Phi) is 12.3. The lowest BCUT2D eigenvalue weighted by Gasteiger charge is -2.42. The lowest BCUT2D eigenvalue weighted by Crippen LogP contribution is -2.56. The van der Waals surface area contributed by atoms with Gasteiger partial charge in [0.05, 0.1) is 11.2 Å². The van der Waals surface area contributed by atoms with Crippen LogP contribution in [0, 0.1) is 0 Å². The summed E-state index contributed by atoms with van der Waals surface area (Å²) in [6.07, 6.45) is 4.70. The van der Waals surface area contributed by atoms with Crippen molar-refractivity contribution in [2.75, 3.05) is 13.2 Å². The molecule has 0 aliphatic heterocycles. The maximum atomic E-state index is 10.8. The summed E-state index contributed by atoms with van der Waals surface area (Å²) in [4.78, 5) is 21.7. The first kappa shape index (κ1) is 29.8. The second kappa shape index (κ2) is 12.8. The van der Waals surface area contributed by atoms with Gasteiger partial charge in [-0.25, -0.2) is 0 Å². The third-order valence-corrected chi connectivity index (χ3v) is 6.34. The summed E-state index contributed by atoms with van der Waals surface area (Å²) in [5.74, 6) is -1.60. The van der Waals surface area contributed by atoms with Crippen molar-refractivity contribution in [3.05, 3.63) is 0 Å². The minimum absolute atomic E-state index is 0.104. The molecule has 2 atom stereocenters. The number of ether oxygens (including phenoxy) is 2. The van der Waals surface area contributed by atoms with Crippen LogP contribution in [0.2, 0.25) is 0 Å². The number of nitrogens with one attached hydrogen (secondary N) is 1. The van der Waals surface area contributed by atoms with Gasteiger partial charge >= 0.3 is 11.9 Å². The highest BCUT2D eigenvalue weighted by atomic mass is 16.5. The number of aliphatic carboxylic acids is 2. The summed E-state index contributed by atoms with van der Waals surface area (Å²) in [5, 5.41) is 21.6. The lowest BCUT2D eigenvalue weighted by molar-refractivity contribution is -0.139. The molecule has 0 aromatic heterocycles. The molecule has 0 saturated carbocycles. The van der Waals surface area contributed by atoms with Crippen LogP contribution in [0.1, 0.15) is 107 Å². The first-order chi connectivity index (χ1) is 14.1. The Morgan fingerprint density at radius 3 is 1.26 bits per heavy atom. The van der Waals surface area contributed by atoms with E-state index in [2.05, 4.69) is 33.0 Å². The molecule has 0 spiro atoms. The monoisotopic (exact) mass is 445 g/mol. The summed E-state index contributed by atoms with van der Waals surface area (Å²) in [5.41, 5.74) is -1.16. The van der Waals surface area contributed by atoms with E-state index in [-0.39, 0.29) is 23.9 Å². The molecule has 0 saturated heterocycles. The lowest BCUT2D eigenvalue weighted by atomic mass is 9.86. The minimum atomic E-state index is -0.802. The third kappa shape index (κ3) is 13.8. The Hall–Kier alpha value is -1.18. The van der Waals surface area contributed by atoms with Gasteiger partial charge in [-0.1, -0.05) is 13.8 Å². The molecular formula is C24H47NO6. The zero-order chi connectivity index (χ0) is 24.3. The van der Waals surface area contributed by atoms with Crippen molar-refractivity contribution in [2.45, 2.75) is 129 Å². The van der Waals surface area contributed by atoms with Gasteiger partial charge in [0.15, 0.2) is 0 Å². The molecule has 0 rings (SSSR count). The molecule has 0 amide bonds. The second-order valence-electron chi connectivity index (χ2n) is 10.5. The molecule has 0 aromatic rings. The average molecular weight is 446 g/mol. The first-order valence-corrected chi connectivity index (χ1v) is 11.6. The zero-order valence-corrected chi connectivity index (χ0v) is 21.1. The fourth-order valence-corrected chi connectivity index (χ4v) is 3.45. The molecule has 0 aromatic carbocycles. The number of carbonyl (C=O) groups is 2. The second-order valence-corrected chi connectivity index (χ2v) is 10.5. The van der Waals surface area contributed by atoms with Crippen molar-refractivity contribution in [1.82, 2.24) is 5.32 Å². The van der Waals surface area contributed by atoms with E-state index < -0.39 is 23.1 Å². The normalized spacial score (nSPS) is 16.5. The Morgan fingerprint density at radius 1 is 0.677 bits per heavy atom. The SMILES string of the molecule is CCC(C)(CCOC(C)(C)CCC(=O)O)NC(C)(CC)CCOC(C)(C)CCC(=O)O. The van der Waals surface area contributed by atoms with E-state index in [4.69, 9.17) is 19.7 Å². The molecule has 0 aliphatic rings. The van der Waals surface area contributed by atoms with Crippen LogP contribution in [-0.2, 0) is 19.1 Å². The van der Waals surface area contributed by atoms with E-state index in [1.807, 2.05) is 27.7 Å². The van der Waals surface area contributed by atoms with Crippen LogP contribution in [0.15, 0.2) is 0 Å². The molecule has 0 heterocycles. The smallest absolute Gasteiger partial charge is 0.303 e. The van der Waals surface area contributed by atoms with Crippen LogP contribution in [0.3, 0.4) is 0 Å². The summed E-state index contributed by atoms with van der Waals surface area (Å²) in [6.45, 7) is 17.6. The van der Waals surface area contributed by atoms with Gasteiger partial charge < -0.3 is 25.0 Å². The topological polar surface area (TPSA) is 105 Å². The van der Waals surface area contributed by atoms with Gasteiger partial charge in [-0.3, -0.25) is 9.59 Å². The van der Waals surface area contributed by atoms with Crippen LogP contribution in [-0.4, -0.2) is 57.6 Å². The van der Waals surface area contributed by atoms with E-state index in [0.717, 1.165) is 25.7 Å². The predicted octanol–water partition coefficient (Wildman–Crippen LogP) is 5.01. The van der Waals surface area contributed by atoms with Crippen molar-refractivity contribution < 1.29 is 29.3 Å². The van der Waals surface area contributed by atoms with Crippen molar-refractivity contribution in [3.63, 3.8) is 0 Å². The Balaban J connectivity index is 4.74. The first-order valence-electron chi connectivity index (χ1n) is 11.6. The highest BCUT2D eigenvalue weighted by Gasteiger charge is 2.33. The maximum Gasteiger partial charge on any atom is 0.303 e. The maximum absolute atomic E-state index is 10.8. The van der Waals surface area contributed by atoms with Crippen molar-refractivity contribution >= 4 is 11.9 Å². The van der Waals surface area contributed by atoms with Gasteiger partial charge in [-0.2, -0.15) is 0 Å². The zero-order valence-electron chi connectivity index (χ0n) is 21.1.